The van der Waals surface area contributed by atoms with Crippen molar-refractivity contribution in [2.75, 3.05) is 6.54 Å². The van der Waals surface area contributed by atoms with Crippen LogP contribution in [0.2, 0.25) is 5.02 Å². The van der Waals surface area contributed by atoms with E-state index in [9.17, 15) is 5.11 Å². The number of ether oxygens (including phenoxy) is 1. The minimum Gasteiger partial charge on any atom is -0.401 e. The summed E-state index contributed by atoms with van der Waals surface area (Å²) in [6, 6.07) is 15.0. The Labute approximate surface area is 230 Å². The number of aliphatic hydroxyl groups excluding tert-OH is 1. The average molecular weight is 535 g/mol. The molecule has 3 aliphatic rings. The number of fused-ring (bicyclic) bond motifs is 1. The maximum Gasteiger partial charge on any atom is 0.136 e. The number of nitrogens with two attached hydrogens (primary N) is 2. The van der Waals surface area contributed by atoms with Crippen molar-refractivity contribution in [3.05, 3.63) is 82.3 Å². The first-order valence-electron chi connectivity index (χ1n) is 14.1. The summed E-state index contributed by atoms with van der Waals surface area (Å²) in [4.78, 5) is 0. The van der Waals surface area contributed by atoms with Crippen LogP contribution >= 0.6 is 11.6 Å². The number of benzene rings is 2. The van der Waals surface area contributed by atoms with Crippen molar-refractivity contribution in [2.45, 2.75) is 82.1 Å². The molecule has 5 N–H and O–H groups in total. The first-order chi connectivity index (χ1) is 18.4. The smallest absolute Gasteiger partial charge is 0.136 e. The summed E-state index contributed by atoms with van der Waals surface area (Å²) >= 11 is 6.74. The van der Waals surface area contributed by atoms with E-state index in [4.69, 9.17) is 27.9 Å². The SMILES string of the molecule is N/C(=C\N(N)C[C@@H]1C[C@H](O)C[C@H](n2cc(Cc3ccc(C4CC4)cc3)c3c(Cl)cccc32)O1)C1CCCC1. The predicted molar refractivity (Wildman–Crippen MR) is 152 cm³/mol. The molecule has 0 amide bonds. The van der Waals surface area contributed by atoms with Gasteiger partial charge in [0, 0.05) is 36.3 Å². The van der Waals surface area contributed by atoms with Gasteiger partial charge in [0.2, 0.25) is 0 Å². The highest BCUT2D eigenvalue weighted by Gasteiger charge is 2.32. The number of allylic oxidation sites excluding steroid dienone is 1. The molecule has 2 heterocycles. The third-order valence-electron chi connectivity index (χ3n) is 8.53. The molecule has 0 unspecified atom stereocenters. The number of hydrogen-bond donors (Lipinski definition) is 3. The Kier molecular flexibility index (Phi) is 7.41. The molecule has 2 aromatic carbocycles. The second-order valence-electron chi connectivity index (χ2n) is 11.5. The van der Waals surface area contributed by atoms with E-state index in [-0.39, 0.29) is 12.3 Å². The molecule has 3 aromatic rings. The van der Waals surface area contributed by atoms with Gasteiger partial charge in [-0.15, -0.1) is 0 Å². The Hall–Kier alpha value is -2.51. The molecule has 202 valence electrons. The highest BCUT2D eigenvalue weighted by Crippen LogP contribution is 2.40. The summed E-state index contributed by atoms with van der Waals surface area (Å²) in [5.74, 6) is 7.50. The summed E-state index contributed by atoms with van der Waals surface area (Å²) in [5, 5.41) is 14.2. The number of aliphatic hydroxyl groups is 1. The second kappa shape index (κ2) is 10.9. The number of hydrazine groups is 1. The molecular formula is C31H39ClN4O2. The number of rotatable bonds is 8. The summed E-state index contributed by atoms with van der Waals surface area (Å²) in [5.41, 5.74) is 12.1. The molecule has 2 aliphatic carbocycles. The van der Waals surface area contributed by atoms with Gasteiger partial charge in [0.25, 0.3) is 0 Å². The highest BCUT2D eigenvalue weighted by molar-refractivity contribution is 6.35. The topological polar surface area (TPSA) is 89.7 Å². The summed E-state index contributed by atoms with van der Waals surface area (Å²) in [7, 11) is 0. The lowest BCUT2D eigenvalue weighted by Gasteiger charge is -2.36. The zero-order valence-electron chi connectivity index (χ0n) is 21.9. The summed E-state index contributed by atoms with van der Waals surface area (Å²) in [6.07, 6.45) is 12.2. The highest BCUT2D eigenvalue weighted by atomic mass is 35.5. The summed E-state index contributed by atoms with van der Waals surface area (Å²) < 4.78 is 8.70. The number of aromatic nitrogens is 1. The van der Waals surface area contributed by atoms with Gasteiger partial charge in [-0.2, -0.15) is 0 Å². The molecule has 0 bridgehead atoms. The molecule has 7 heteroatoms. The second-order valence-corrected chi connectivity index (χ2v) is 11.9. The van der Waals surface area contributed by atoms with E-state index >= 15 is 0 Å². The fraction of sp³-hybridized carbons (Fsp3) is 0.484. The predicted octanol–water partition coefficient (Wildman–Crippen LogP) is 5.97. The quantitative estimate of drug-likeness (QED) is 0.245. The number of nitrogens with zero attached hydrogens (tertiary/aromatic N) is 2. The molecule has 1 saturated heterocycles. The third-order valence-corrected chi connectivity index (χ3v) is 8.85. The minimum atomic E-state index is -0.474. The van der Waals surface area contributed by atoms with Crippen LogP contribution in [0.15, 0.2) is 60.6 Å². The van der Waals surface area contributed by atoms with Gasteiger partial charge in [-0.1, -0.05) is 54.8 Å². The maximum absolute atomic E-state index is 10.8. The van der Waals surface area contributed by atoms with E-state index in [0.29, 0.717) is 25.3 Å². The van der Waals surface area contributed by atoms with E-state index in [1.165, 1.54) is 36.8 Å². The van der Waals surface area contributed by atoms with Gasteiger partial charge in [-0.05, 0) is 72.8 Å². The van der Waals surface area contributed by atoms with Gasteiger partial charge >= 0.3 is 0 Å². The first-order valence-corrected chi connectivity index (χ1v) is 14.5. The van der Waals surface area contributed by atoms with Gasteiger partial charge in [-0.3, -0.25) is 0 Å². The Bertz CT molecular complexity index is 1290. The maximum atomic E-state index is 10.8. The van der Waals surface area contributed by atoms with Crippen LogP contribution in [0.1, 0.15) is 80.2 Å². The van der Waals surface area contributed by atoms with Crippen molar-refractivity contribution < 1.29 is 9.84 Å². The van der Waals surface area contributed by atoms with Crippen LogP contribution in [0.5, 0.6) is 0 Å². The molecule has 1 aliphatic heterocycles. The Morgan fingerprint density at radius 2 is 1.84 bits per heavy atom. The first kappa shape index (κ1) is 25.8. The van der Waals surface area contributed by atoms with Gasteiger partial charge in [0.15, 0.2) is 0 Å². The molecule has 0 spiro atoms. The lowest BCUT2D eigenvalue weighted by atomic mass is 10.0. The Balaban J connectivity index is 1.22. The van der Waals surface area contributed by atoms with Gasteiger partial charge < -0.3 is 25.2 Å². The van der Waals surface area contributed by atoms with Gasteiger partial charge in [-0.25, -0.2) is 5.84 Å². The zero-order valence-corrected chi connectivity index (χ0v) is 22.7. The number of halogens is 1. The standard InChI is InChI=1S/C31H39ClN4O2/c32-27-6-3-7-29-31(27)24(14-20-8-10-21(11-9-20)22-12-13-22)17-36(29)30-16-25(37)15-26(38-30)18-35(34)19-28(33)23-4-1-2-5-23/h3,6-11,17,19,22-23,25-26,30,37H,1-2,4-5,12-16,18,33-34H2/b28-19-/t25-,26-,30+/m0/s1. The van der Waals surface area contributed by atoms with Crippen LogP contribution in [-0.2, 0) is 11.2 Å². The molecule has 0 radical (unpaired) electrons. The van der Waals surface area contributed by atoms with Crippen LogP contribution in [0.4, 0.5) is 0 Å². The largest absolute Gasteiger partial charge is 0.401 e. The van der Waals surface area contributed by atoms with Crippen LogP contribution in [0.25, 0.3) is 10.9 Å². The molecule has 6 rings (SSSR count). The van der Waals surface area contributed by atoms with Crippen molar-refractivity contribution in [3.8, 4) is 0 Å². The fourth-order valence-corrected chi connectivity index (χ4v) is 6.66. The Morgan fingerprint density at radius 1 is 1.08 bits per heavy atom. The number of hydrogen-bond acceptors (Lipinski definition) is 5. The van der Waals surface area contributed by atoms with Crippen molar-refractivity contribution >= 4 is 22.5 Å². The molecule has 2 saturated carbocycles. The van der Waals surface area contributed by atoms with Crippen LogP contribution in [0, 0.1) is 5.92 Å². The van der Waals surface area contributed by atoms with Crippen LogP contribution in [0.3, 0.4) is 0 Å². The summed E-state index contributed by atoms with van der Waals surface area (Å²) in [6.45, 7) is 0.473. The molecule has 3 fully saturated rings. The molecule has 38 heavy (non-hydrogen) atoms. The minimum absolute atomic E-state index is 0.212. The van der Waals surface area contributed by atoms with E-state index < -0.39 is 6.10 Å². The Morgan fingerprint density at radius 3 is 2.58 bits per heavy atom. The zero-order chi connectivity index (χ0) is 26.2. The normalized spacial score (nSPS) is 24.8. The van der Waals surface area contributed by atoms with Gasteiger partial charge in [0.1, 0.15) is 6.23 Å². The molecule has 1 aromatic heterocycles. The fourth-order valence-electron chi connectivity index (χ4n) is 6.37. The van der Waals surface area contributed by atoms with E-state index in [2.05, 4.69) is 41.1 Å². The van der Waals surface area contributed by atoms with Crippen LogP contribution in [-0.4, -0.2) is 33.4 Å². The van der Waals surface area contributed by atoms with Crippen LogP contribution < -0.4 is 11.6 Å². The average Bonchev–Trinajstić information content (AvgIpc) is 3.45. The molecule has 3 atom stereocenters. The lowest BCUT2D eigenvalue weighted by molar-refractivity contribution is -0.131. The third kappa shape index (κ3) is 5.59. The van der Waals surface area contributed by atoms with Crippen molar-refractivity contribution in [1.82, 2.24) is 9.58 Å². The van der Waals surface area contributed by atoms with E-state index in [1.807, 2.05) is 18.3 Å². The molecular weight excluding hydrogens is 496 g/mol. The van der Waals surface area contributed by atoms with Crippen molar-refractivity contribution in [3.63, 3.8) is 0 Å². The van der Waals surface area contributed by atoms with Gasteiger partial charge in [0.05, 0.1) is 29.3 Å². The van der Waals surface area contributed by atoms with Crippen molar-refractivity contribution in [2.24, 2.45) is 17.5 Å². The van der Waals surface area contributed by atoms with E-state index in [1.54, 1.807) is 5.01 Å². The van der Waals surface area contributed by atoms with Crippen molar-refractivity contribution in [1.29, 1.82) is 0 Å². The molecule has 6 nitrogen and oxygen atoms in total. The monoisotopic (exact) mass is 534 g/mol. The lowest BCUT2D eigenvalue weighted by Crippen LogP contribution is -2.42. The van der Waals surface area contributed by atoms with E-state index in [0.717, 1.165) is 52.4 Å².